The molecule has 1 amide bonds. The van der Waals surface area contributed by atoms with Crippen molar-refractivity contribution in [3.63, 3.8) is 0 Å². The molecule has 1 aromatic heterocycles. The smallest absolute Gasteiger partial charge is 0.410 e. The quantitative estimate of drug-likeness (QED) is 0.769. The molecular formula is C18H22ClN3O3. The lowest BCUT2D eigenvalue weighted by molar-refractivity contribution is 0.0187. The second kappa shape index (κ2) is 7.04. The highest BCUT2D eigenvalue weighted by molar-refractivity contribution is 6.34. The van der Waals surface area contributed by atoms with E-state index < -0.39 is 5.60 Å². The summed E-state index contributed by atoms with van der Waals surface area (Å²) in [6.07, 6.45) is 3.00. The monoisotopic (exact) mass is 363 g/mol. The van der Waals surface area contributed by atoms with E-state index in [0.29, 0.717) is 24.1 Å². The molecule has 0 radical (unpaired) electrons. The van der Waals surface area contributed by atoms with Gasteiger partial charge in [0.2, 0.25) is 0 Å². The number of hydrogen-bond donors (Lipinski definition) is 0. The van der Waals surface area contributed by atoms with Crippen LogP contribution in [0.2, 0.25) is 5.15 Å². The molecule has 7 heteroatoms. The van der Waals surface area contributed by atoms with Crippen LogP contribution >= 0.6 is 11.6 Å². The largest absolute Gasteiger partial charge is 0.491 e. The Bertz CT molecular complexity index is 776. The molecule has 25 heavy (non-hydrogen) atoms. The first-order valence-electron chi connectivity index (χ1n) is 8.36. The number of ether oxygens (including phenoxy) is 2. The molecule has 0 aliphatic carbocycles. The van der Waals surface area contributed by atoms with E-state index >= 15 is 0 Å². The first-order valence-corrected chi connectivity index (χ1v) is 8.74. The van der Waals surface area contributed by atoms with Crippen LogP contribution in [0, 0.1) is 0 Å². The lowest BCUT2D eigenvalue weighted by Gasteiger charge is -2.28. The molecule has 3 rings (SSSR count). The Labute approximate surface area is 152 Å². The van der Waals surface area contributed by atoms with Crippen LogP contribution in [0.4, 0.5) is 4.79 Å². The summed E-state index contributed by atoms with van der Waals surface area (Å²) in [7, 11) is 0. The summed E-state index contributed by atoms with van der Waals surface area (Å²) in [6.45, 7) is 6.71. The normalized spacial score (nSPS) is 17.8. The molecule has 0 bridgehead atoms. The van der Waals surface area contributed by atoms with Crippen LogP contribution in [0.3, 0.4) is 0 Å². The van der Waals surface area contributed by atoms with Gasteiger partial charge in [0, 0.05) is 11.9 Å². The van der Waals surface area contributed by atoms with Crippen molar-refractivity contribution in [2.24, 2.45) is 0 Å². The van der Waals surface area contributed by atoms with Gasteiger partial charge in [0.15, 0.2) is 0 Å². The molecule has 1 unspecified atom stereocenters. The predicted octanol–water partition coefficient (Wildman–Crippen LogP) is 4.06. The number of rotatable bonds is 3. The SMILES string of the molecule is CC(C)(C)OC(=O)N1CCCC1COc1ccc2ncnc(Cl)c2c1. The minimum atomic E-state index is -0.500. The summed E-state index contributed by atoms with van der Waals surface area (Å²) in [5, 5.41) is 1.14. The fraction of sp³-hybridized carbons (Fsp3) is 0.500. The van der Waals surface area contributed by atoms with Gasteiger partial charge in [-0.2, -0.15) is 0 Å². The molecule has 1 saturated heterocycles. The van der Waals surface area contributed by atoms with Gasteiger partial charge >= 0.3 is 6.09 Å². The highest BCUT2D eigenvalue weighted by Crippen LogP contribution is 2.26. The Hall–Kier alpha value is -2.08. The number of carbonyl (C=O) groups is 1. The van der Waals surface area contributed by atoms with Gasteiger partial charge in [-0.1, -0.05) is 11.6 Å². The highest BCUT2D eigenvalue weighted by Gasteiger charge is 2.32. The minimum absolute atomic E-state index is 0.00745. The molecule has 0 spiro atoms. The van der Waals surface area contributed by atoms with Gasteiger partial charge in [-0.15, -0.1) is 0 Å². The van der Waals surface area contributed by atoms with Gasteiger partial charge in [0.1, 0.15) is 29.4 Å². The summed E-state index contributed by atoms with van der Waals surface area (Å²) < 4.78 is 11.4. The van der Waals surface area contributed by atoms with Crippen LogP contribution in [-0.4, -0.2) is 45.8 Å². The molecular weight excluding hydrogens is 342 g/mol. The number of carbonyl (C=O) groups excluding carboxylic acids is 1. The fourth-order valence-electron chi connectivity index (χ4n) is 2.86. The van der Waals surface area contributed by atoms with Crippen LogP contribution in [0.5, 0.6) is 5.75 Å². The number of benzene rings is 1. The fourth-order valence-corrected chi connectivity index (χ4v) is 3.05. The zero-order valence-electron chi connectivity index (χ0n) is 14.7. The first kappa shape index (κ1) is 17.7. The zero-order chi connectivity index (χ0) is 18.0. The van der Waals surface area contributed by atoms with Gasteiger partial charge in [0.25, 0.3) is 0 Å². The number of amides is 1. The number of nitrogens with zero attached hydrogens (tertiary/aromatic N) is 3. The molecule has 0 N–H and O–H groups in total. The maximum absolute atomic E-state index is 12.3. The molecule has 2 aromatic rings. The second-order valence-corrected chi connectivity index (χ2v) is 7.48. The number of fused-ring (bicyclic) bond motifs is 1. The third kappa shape index (κ3) is 4.31. The summed E-state index contributed by atoms with van der Waals surface area (Å²) in [5.74, 6) is 0.681. The number of aromatic nitrogens is 2. The van der Waals surface area contributed by atoms with E-state index in [2.05, 4.69) is 9.97 Å². The van der Waals surface area contributed by atoms with Gasteiger partial charge < -0.3 is 14.4 Å². The molecule has 0 saturated carbocycles. The molecule has 1 atom stereocenters. The third-order valence-corrected chi connectivity index (χ3v) is 4.31. The van der Waals surface area contributed by atoms with E-state index in [1.54, 1.807) is 4.90 Å². The molecule has 6 nitrogen and oxygen atoms in total. The van der Waals surface area contributed by atoms with Crippen molar-refractivity contribution < 1.29 is 14.3 Å². The van der Waals surface area contributed by atoms with Crippen molar-refractivity contribution in [3.8, 4) is 5.75 Å². The van der Waals surface area contributed by atoms with Crippen molar-refractivity contribution in [2.75, 3.05) is 13.2 Å². The maximum atomic E-state index is 12.3. The molecule has 1 aliphatic heterocycles. The Kier molecular flexibility index (Phi) is 4.99. The van der Waals surface area contributed by atoms with Crippen LogP contribution in [-0.2, 0) is 4.74 Å². The average molecular weight is 364 g/mol. The Balaban J connectivity index is 1.66. The molecule has 1 fully saturated rings. The highest BCUT2D eigenvalue weighted by atomic mass is 35.5. The van der Waals surface area contributed by atoms with Crippen LogP contribution < -0.4 is 4.74 Å². The van der Waals surface area contributed by atoms with Crippen molar-refractivity contribution in [3.05, 3.63) is 29.7 Å². The van der Waals surface area contributed by atoms with E-state index in [1.165, 1.54) is 6.33 Å². The van der Waals surface area contributed by atoms with Gasteiger partial charge in [0.05, 0.1) is 11.6 Å². The van der Waals surface area contributed by atoms with Crippen molar-refractivity contribution in [1.29, 1.82) is 0 Å². The number of halogens is 1. The zero-order valence-corrected chi connectivity index (χ0v) is 15.4. The van der Waals surface area contributed by atoms with Gasteiger partial charge in [-0.25, -0.2) is 14.8 Å². The van der Waals surface area contributed by atoms with Crippen molar-refractivity contribution in [1.82, 2.24) is 14.9 Å². The molecule has 1 aromatic carbocycles. The molecule has 2 heterocycles. The summed E-state index contributed by atoms with van der Waals surface area (Å²) in [6, 6.07) is 5.52. The van der Waals surface area contributed by atoms with Crippen LogP contribution in [0.15, 0.2) is 24.5 Å². The lowest BCUT2D eigenvalue weighted by Crippen LogP contribution is -2.42. The van der Waals surface area contributed by atoms with Crippen LogP contribution in [0.25, 0.3) is 10.9 Å². The topological polar surface area (TPSA) is 64.5 Å². The number of hydrogen-bond acceptors (Lipinski definition) is 5. The third-order valence-electron chi connectivity index (χ3n) is 4.01. The molecule has 134 valence electrons. The van der Waals surface area contributed by atoms with E-state index in [0.717, 1.165) is 23.7 Å². The second-order valence-electron chi connectivity index (χ2n) is 7.12. The maximum Gasteiger partial charge on any atom is 0.410 e. The van der Waals surface area contributed by atoms with E-state index in [-0.39, 0.29) is 12.1 Å². The van der Waals surface area contributed by atoms with Gasteiger partial charge in [-0.3, -0.25) is 0 Å². The Morgan fingerprint density at radius 1 is 1.36 bits per heavy atom. The van der Waals surface area contributed by atoms with Crippen LogP contribution in [0.1, 0.15) is 33.6 Å². The lowest BCUT2D eigenvalue weighted by atomic mass is 10.2. The summed E-state index contributed by atoms with van der Waals surface area (Å²) in [5.41, 5.74) is 0.267. The van der Waals surface area contributed by atoms with E-state index in [9.17, 15) is 4.79 Å². The van der Waals surface area contributed by atoms with Crippen molar-refractivity contribution in [2.45, 2.75) is 45.3 Å². The average Bonchev–Trinajstić information content (AvgIpc) is 3.00. The molecule has 1 aliphatic rings. The van der Waals surface area contributed by atoms with Crippen molar-refractivity contribution >= 4 is 28.6 Å². The summed E-state index contributed by atoms with van der Waals surface area (Å²) >= 11 is 6.11. The Morgan fingerprint density at radius 3 is 2.92 bits per heavy atom. The predicted molar refractivity (Wildman–Crippen MR) is 96.0 cm³/mol. The van der Waals surface area contributed by atoms with Gasteiger partial charge in [-0.05, 0) is 51.8 Å². The number of likely N-dealkylation sites (tertiary alicyclic amines) is 1. The van der Waals surface area contributed by atoms with E-state index in [4.69, 9.17) is 21.1 Å². The van der Waals surface area contributed by atoms with E-state index in [1.807, 2.05) is 39.0 Å². The standard InChI is InChI=1S/C18H22ClN3O3/c1-18(2,3)25-17(23)22-8-4-5-12(22)10-24-13-6-7-15-14(9-13)16(19)21-11-20-15/h6-7,9,11-12H,4-5,8,10H2,1-3H3. The Morgan fingerprint density at radius 2 is 2.16 bits per heavy atom. The first-order chi connectivity index (χ1) is 11.8. The summed E-state index contributed by atoms with van der Waals surface area (Å²) in [4.78, 5) is 22.2. The minimum Gasteiger partial charge on any atom is -0.491 e.